The fourth-order valence-electron chi connectivity index (χ4n) is 8.72. The minimum Gasteiger partial charge on any atom is -0.494 e. The Balaban J connectivity index is 0.00000147. The Morgan fingerprint density at radius 1 is 0.239 bits per heavy atom. The molecule has 5 aromatic carbocycles. The molecule has 12 heteroatoms. The highest BCUT2D eigenvalue weighted by Crippen LogP contribution is 2.43. The van der Waals surface area contributed by atoms with Crippen molar-refractivity contribution in [2.75, 3.05) is 77.8 Å². The van der Waals surface area contributed by atoms with Gasteiger partial charge in [0.1, 0.15) is 57.5 Å². The number of halogens is 2. The molecule has 0 saturated carbocycles. The summed E-state index contributed by atoms with van der Waals surface area (Å²) in [4.78, 5) is 0. The van der Waals surface area contributed by atoms with Crippen LogP contribution < -0.4 is 47.4 Å². The molecule has 10 aliphatic carbocycles. The van der Waals surface area contributed by atoms with Crippen LogP contribution in [-0.4, -0.2) is 77.8 Å². The Hall–Kier alpha value is -5.32. The summed E-state index contributed by atoms with van der Waals surface area (Å²) in [5, 5.41) is 0. The molecular formula is C59H78Cl2O10. The molecule has 0 spiro atoms. The minimum atomic E-state index is 0.496. The van der Waals surface area contributed by atoms with Crippen LogP contribution in [-0.2, 0) is 32.1 Å². The third kappa shape index (κ3) is 15.6. The van der Waals surface area contributed by atoms with Crippen LogP contribution >= 0.6 is 23.2 Å². The van der Waals surface area contributed by atoms with Gasteiger partial charge >= 0.3 is 0 Å². The average molecular weight is 1020 g/mol. The standard InChI is InChI=1S/C55H70O10.C4H8Cl2/c1-11-56-46-26-37-22-39-29-51(61-16-6)41(31-50(39)60-15-5)24-43-33-55(65-20-10)45(35-54(43)64-19-9)25-44-34-52(62-17-7)42(32-53(44)63-18-8)23-40-30-48(58-13-3)38(28-49(40)59-14-4)21-36(46)27-47(37)57-12-2;5-3-1-2-4-6/h26-35H,11-25H2,1-10H3;1-4H2. The van der Waals surface area contributed by atoms with Gasteiger partial charge in [-0.2, -0.15) is 0 Å². The van der Waals surface area contributed by atoms with E-state index in [-0.39, 0.29) is 0 Å². The summed E-state index contributed by atoms with van der Waals surface area (Å²) in [6, 6.07) is 21.2. The molecule has 0 fully saturated rings. The predicted octanol–water partition coefficient (Wildman–Crippen LogP) is 14.2. The number of rotatable bonds is 23. The first-order valence-electron chi connectivity index (χ1n) is 25.8. The molecule has 0 saturated heterocycles. The fourth-order valence-corrected chi connectivity index (χ4v) is 9.09. The van der Waals surface area contributed by atoms with Gasteiger partial charge in [0.15, 0.2) is 0 Å². The molecule has 10 nitrogen and oxygen atoms in total. The summed E-state index contributed by atoms with van der Waals surface area (Å²) in [5.74, 6) is 9.29. The number of ether oxygens (including phenoxy) is 10. The van der Waals surface area contributed by atoms with Crippen LogP contribution in [0.2, 0.25) is 0 Å². The second kappa shape index (κ2) is 29.9. The van der Waals surface area contributed by atoms with Crippen LogP contribution in [0.5, 0.6) is 57.5 Å². The third-order valence-electron chi connectivity index (χ3n) is 11.6. The maximum Gasteiger partial charge on any atom is 0.123 e. The maximum atomic E-state index is 6.43. The van der Waals surface area contributed by atoms with Crippen molar-refractivity contribution in [3.63, 3.8) is 0 Å². The zero-order valence-electron chi connectivity index (χ0n) is 44.0. The average Bonchev–Trinajstić information content (AvgIpc) is 3.35. The first-order chi connectivity index (χ1) is 34.6. The highest BCUT2D eigenvalue weighted by molar-refractivity contribution is 6.18. The Kier molecular flexibility index (Phi) is 23.8. The Morgan fingerprint density at radius 2 is 0.352 bits per heavy atom. The molecule has 5 aromatic rings. The normalized spacial score (nSPS) is 11.9. The molecule has 15 rings (SSSR count). The summed E-state index contributed by atoms with van der Waals surface area (Å²) in [6.45, 7) is 25.1. The molecule has 0 N–H and O–H groups in total. The lowest BCUT2D eigenvalue weighted by atomic mass is 9.94. The fraction of sp³-hybridized carbons (Fsp3) is 0.492. The molecule has 0 atom stereocenters. The zero-order valence-corrected chi connectivity index (χ0v) is 45.6. The van der Waals surface area contributed by atoms with Crippen LogP contribution in [0, 0.1) is 0 Å². The van der Waals surface area contributed by atoms with Gasteiger partial charge in [0, 0.05) is 99.5 Å². The molecule has 388 valence electrons. The predicted molar refractivity (Wildman–Crippen MR) is 289 cm³/mol. The van der Waals surface area contributed by atoms with Crippen molar-refractivity contribution < 1.29 is 47.4 Å². The molecule has 0 unspecified atom stereocenters. The molecule has 10 bridgehead atoms. The second-order valence-corrected chi connectivity index (χ2v) is 17.4. The SMILES string of the molecule is CCOc1cc2c(OCC)cc1Cc1cc(OCC)c(cc1OCC)Cc1cc(OCC)c(cc1OCC)Cc1cc(OCC)c(cc1OCC)Cc1cc(OCC)c(cc1OCC)C2.ClCCCCCl. The van der Waals surface area contributed by atoms with Gasteiger partial charge in [-0.25, -0.2) is 0 Å². The van der Waals surface area contributed by atoms with Crippen molar-refractivity contribution in [3.8, 4) is 57.5 Å². The van der Waals surface area contributed by atoms with E-state index in [9.17, 15) is 0 Å². The van der Waals surface area contributed by atoms with E-state index in [1.54, 1.807) is 0 Å². The topological polar surface area (TPSA) is 92.3 Å². The summed E-state index contributed by atoms with van der Waals surface area (Å²) in [6.07, 6.45) is 4.73. The highest BCUT2D eigenvalue weighted by atomic mass is 35.5. The van der Waals surface area contributed by atoms with E-state index in [1.165, 1.54) is 0 Å². The smallest absolute Gasteiger partial charge is 0.123 e. The van der Waals surface area contributed by atoms with Gasteiger partial charge in [-0.05, 0) is 143 Å². The van der Waals surface area contributed by atoms with E-state index in [2.05, 4.69) is 60.7 Å². The maximum absolute atomic E-state index is 6.43. The molecule has 71 heavy (non-hydrogen) atoms. The molecule has 0 aromatic heterocycles. The van der Waals surface area contributed by atoms with Crippen LogP contribution in [0.4, 0.5) is 0 Å². The number of hydrogen-bond donors (Lipinski definition) is 0. The summed E-state index contributed by atoms with van der Waals surface area (Å²) in [5.41, 5.74) is 9.81. The molecule has 0 heterocycles. The van der Waals surface area contributed by atoms with Crippen LogP contribution in [0.15, 0.2) is 60.7 Å². The first kappa shape index (κ1) is 56.6. The zero-order chi connectivity index (χ0) is 51.1. The Bertz CT molecular complexity index is 1890. The third-order valence-corrected chi connectivity index (χ3v) is 12.2. The molecule has 0 radical (unpaired) electrons. The van der Waals surface area contributed by atoms with Crippen molar-refractivity contribution in [3.05, 3.63) is 116 Å². The summed E-state index contributed by atoms with van der Waals surface area (Å²) in [7, 11) is 0. The van der Waals surface area contributed by atoms with E-state index in [1.807, 2.05) is 69.2 Å². The van der Waals surface area contributed by atoms with Crippen molar-refractivity contribution in [2.24, 2.45) is 0 Å². The minimum absolute atomic E-state index is 0.496. The molecule has 0 amide bonds. The van der Waals surface area contributed by atoms with Crippen molar-refractivity contribution in [2.45, 2.75) is 114 Å². The summed E-state index contributed by atoms with van der Waals surface area (Å²) >= 11 is 10.6. The van der Waals surface area contributed by atoms with Gasteiger partial charge < -0.3 is 47.4 Å². The van der Waals surface area contributed by atoms with Gasteiger partial charge in [-0.15, -0.1) is 23.2 Å². The van der Waals surface area contributed by atoms with Gasteiger partial charge in [0.25, 0.3) is 0 Å². The highest BCUT2D eigenvalue weighted by Gasteiger charge is 2.24. The van der Waals surface area contributed by atoms with Gasteiger partial charge in [-0.3, -0.25) is 0 Å². The van der Waals surface area contributed by atoms with Crippen molar-refractivity contribution in [1.29, 1.82) is 0 Å². The summed E-state index contributed by atoms with van der Waals surface area (Å²) < 4.78 is 64.3. The quantitative estimate of drug-likeness (QED) is 0.0456. The molecule has 10 aliphatic rings. The van der Waals surface area contributed by atoms with Gasteiger partial charge in [0.2, 0.25) is 0 Å². The van der Waals surface area contributed by atoms with Crippen LogP contribution in [0.3, 0.4) is 0 Å². The number of benzene rings is 5. The Morgan fingerprint density at radius 3 is 0.437 bits per heavy atom. The largest absolute Gasteiger partial charge is 0.494 e. The number of hydrogen-bond acceptors (Lipinski definition) is 10. The molecule has 0 aliphatic heterocycles. The monoisotopic (exact) mass is 1020 g/mol. The lowest BCUT2D eigenvalue weighted by Crippen LogP contribution is -2.08. The number of unbranched alkanes of at least 4 members (excludes halogenated alkanes) is 1. The van der Waals surface area contributed by atoms with E-state index in [4.69, 9.17) is 70.6 Å². The van der Waals surface area contributed by atoms with Crippen molar-refractivity contribution in [1.82, 2.24) is 0 Å². The van der Waals surface area contributed by atoms with E-state index >= 15 is 0 Å². The van der Waals surface area contributed by atoms with Crippen LogP contribution in [0.1, 0.15) is 138 Å². The van der Waals surface area contributed by atoms with Crippen molar-refractivity contribution >= 4 is 23.2 Å². The van der Waals surface area contributed by atoms with Gasteiger partial charge in [-0.1, -0.05) is 0 Å². The second-order valence-electron chi connectivity index (χ2n) is 16.6. The molecular weight excluding hydrogens is 940 g/mol. The van der Waals surface area contributed by atoms with E-state index in [0.29, 0.717) is 98.2 Å². The van der Waals surface area contributed by atoms with E-state index in [0.717, 1.165) is 138 Å². The first-order valence-corrected chi connectivity index (χ1v) is 26.9. The lowest BCUT2D eigenvalue weighted by Gasteiger charge is -2.21. The van der Waals surface area contributed by atoms with E-state index < -0.39 is 0 Å². The lowest BCUT2D eigenvalue weighted by molar-refractivity contribution is 0.320. The van der Waals surface area contributed by atoms with Crippen LogP contribution in [0.25, 0.3) is 0 Å². The van der Waals surface area contributed by atoms with Gasteiger partial charge in [0.05, 0.1) is 66.1 Å². The number of alkyl halides is 2. The Labute approximate surface area is 434 Å².